The van der Waals surface area contributed by atoms with Gasteiger partial charge in [0.25, 0.3) is 0 Å². The highest BCUT2D eigenvalue weighted by atomic mass is 32.2. The molecule has 1 aliphatic heterocycles. The predicted molar refractivity (Wildman–Crippen MR) is 114 cm³/mol. The molecule has 11 heteroatoms. The molecule has 6 nitrogen and oxygen atoms in total. The van der Waals surface area contributed by atoms with E-state index >= 15 is 0 Å². The molecular formula is C23H20F4N2O4S. The van der Waals surface area contributed by atoms with Gasteiger partial charge in [0.2, 0.25) is 15.9 Å². The van der Waals surface area contributed by atoms with Crippen LogP contribution in [0.25, 0.3) is 11.3 Å². The van der Waals surface area contributed by atoms with Crippen molar-refractivity contribution in [2.75, 3.05) is 26.2 Å². The number of carbonyl (C=O) groups is 1. The molecule has 2 heterocycles. The van der Waals surface area contributed by atoms with Crippen LogP contribution >= 0.6 is 0 Å². The van der Waals surface area contributed by atoms with E-state index in [9.17, 15) is 30.8 Å². The Balaban J connectivity index is 1.34. The molecule has 0 atom stereocenters. The second-order valence-corrected chi connectivity index (χ2v) is 9.61. The Bertz CT molecular complexity index is 1320. The second-order valence-electron chi connectivity index (χ2n) is 7.70. The number of rotatable bonds is 6. The van der Waals surface area contributed by atoms with Crippen LogP contribution in [-0.2, 0) is 21.2 Å². The van der Waals surface area contributed by atoms with Crippen LogP contribution in [0.3, 0.4) is 0 Å². The molecule has 0 saturated carbocycles. The zero-order chi connectivity index (χ0) is 24.5. The smallest absolute Gasteiger partial charge is 0.246 e. The normalized spacial score (nSPS) is 15.0. The number of furan rings is 1. The SMILES string of the molecule is O=C(CCc1ccc(-c2ccccc2F)o1)N1CCN(S(=O)(=O)c2ccc(F)c(F)c2F)CC1. The molecule has 0 spiro atoms. The van der Waals surface area contributed by atoms with Crippen LogP contribution in [0.2, 0.25) is 0 Å². The van der Waals surface area contributed by atoms with Crippen molar-refractivity contribution in [3.8, 4) is 11.3 Å². The Hall–Kier alpha value is -3.18. The van der Waals surface area contributed by atoms with Crippen LogP contribution in [0.15, 0.2) is 57.8 Å². The van der Waals surface area contributed by atoms with Crippen LogP contribution in [-0.4, -0.2) is 49.7 Å². The monoisotopic (exact) mass is 496 g/mol. The quantitative estimate of drug-likeness (QED) is 0.383. The Morgan fingerprint density at radius 1 is 0.853 bits per heavy atom. The minimum absolute atomic E-state index is 0.0575. The van der Waals surface area contributed by atoms with Gasteiger partial charge >= 0.3 is 0 Å². The zero-order valence-corrected chi connectivity index (χ0v) is 18.6. The molecule has 0 aliphatic carbocycles. The van der Waals surface area contributed by atoms with Gasteiger partial charge in [-0.25, -0.2) is 26.0 Å². The lowest BCUT2D eigenvalue weighted by atomic mass is 10.1. The number of carbonyl (C=O) groups excluding carboxylic acids is 1. The average molecular weight is 496 g/mol. The number of hydrogen-bond acceptors (Lipinski definition) is 4. The van der Waals surface area contributed by atoms with E-state index in [0.717, 1.165) is 4.31 Å². The van der Waals surface area contributed by atoms with Gasteiger partial charge in [0.05, 0.1) is 5.56 Å². The van der Waals surface area contributed by atoms with Crippen LogP contribution in [0, 0.1) is 23.3 Å². The molecule has 4 rings (SSSR count). The van der Waals surface area contributed by atoms with E-state index in [1.807, 2.05) is 0 Å². The molecule has 0 radical (unpaired) electrons. The van der Waals surface area contributed by atoms with E-state index in [1.54, 1.807) is 30.3 Å². The van der Waals surface area contributed by atoms with E-state index in [2.05, 4.69) is 0 Å². The van der Waals surface area contributed by atoms with Crippen molar-refractivity contribution in [2.45, 2.75) is 17.7 Å². The Morgan fingerprint density at radius 2 is 1.56 bits per heavy atom. The number of amides is 1. The standard InChI is InChI=1S/C23H20F4N2O4S/c24-17-4-2-1-3-16(17)19-8-5-15(33-19)6-10-21(30)28-11-13-29(14-12-28)34(31,32)20-9-7-18(25)22(26)23(20)27/h1-5,7-9H,6,10-14H2. The van der Waals surface area contributed by atoms with Crippen LogP contribution in [0.1, 0.15) is 12.2 Å². The summed E-state index contributed by atoms with van der Waals surface area (Å²) in [6, 6.07) is 10.7. The average Bonchev–Trinajstić information content (AvgIpc) is 3.30. The molecule has 1 saturated heterocycles. The topological polar surface area (TPSA) is 70.8 Å². The first-order valence-corrected chi connectivity index (χ1v) is 11.9. The molecule has 1 aliphatic rings. The zero-order valence-electron chi connectivity index (χ0n) is 17.8. The molecule has 0 bridgehead atoms. The predicted octanol–water partition coefficient (Wildman–Crippen LogP) is 3.97. The maximum absolute atomic E-state index is 14.0. The number of hydrogen-bond donors (Lipinski definition) is 0. The third kappa shape index (κ3) is 4.71. The summed E-state index contributed by atoms with van der Waals surface area (Å²) < 4.78 is 86.4. The van der Waals surface area contributed by atoms with Gasteiger partial charge in [0.1, 0.15) is 22.2 Å². The molecule has 1 fully saturated rings. The van der Waals surface area contributed by atoms with Gasteiger partial charge in [-0.05, 0) is 36.4 Å². The van der Waals surface area contributed by atoms with Crippen molar-refractivity contribution in [2.24, 2.45) is 0 Å². The maximum Gasteiger partial charge on any atom is 0.246 e. The number of aryl methyl sites for hydroxylation is 1. The lowest BCUT2D eigenvalue weighted by Gasteiger charge is -2.34. The Labute approximate surface area is 193 Å². The third-order valence-electron chi connectivity index (χ3n) is 5.60. The summed E-state index contributed by atoms with van der Waals surface area (Å²) in [6.45, 7) is -0.126. The van der Waals surface area contributed by atoms with E-state index in [4.69, 9.17) is 4.42 Å². The fraction of sp³-hybridized carbons (Fsp3) is 0.261. The fourth-order valence-electron chi connectivity index (χ4n) is 3.73. The molecule has 0 N–H and O–H groups in total. The molecule has 180 valence electrons. The van der Waals surface area contributed by atoms with E-state index in [-0.39, 0.29) is 44.9 Å². The van der Waals surface area contributed by atoms with Gasteiger partial charge in [0, 0.05) is 39.0 Å². The van der Waals surface area contributed by atoms with Crippen molar-refractivity contribution >= 4 is 15.9 Å². The van der Waals surface area contributed by atoms with Crippen molar-refractivity contribution in [1.29, 1.82) is 0 Å². The van der Waals surface area contributed by atoms with E-state index in [1.165, 1.54) is 11.0 Å². The lowest BCUT2D eigenvalue weighted by Crippen LogP contribution is -2.50. The van der Waals surface area contributed by atoms with E-state index in [0.29, 0.717) is 29.2 Å². The first kappa shape index (κ1) is 24.0. The number of benzene rings is 2. The lowest BCUT2D eigenvalue weighted by molar-refractivity contribution is -0.132. The van der Waals surface area contributed by atoms with Crippen molar-refractivity contribution < 1.29 is 35.2 Å². The second kappa shape index (κ2) is 9.59. The fourth-order valence-corrected chi connectivity index (χ4v) is 5.21. The molecule has 34 heavy (non-hydrogen) atoms. The largest absolute Gasteiger partial charge is 0.461 e. The maximum atomic E-state index is 14.0. The summed E-state index contributed by atoms with van der Waals surface area (Å²) >= 11 is 0. The Kier molecular flexibility index (Phi) is 6.76. The van der Waals surface area contributed by atoms with Gasteiger partial charge < -0.3 is 9.32 Å². The highest BCUT2D eigenvalue weighted by Gasteiger charge is 2.33. The van der Waals surface area contributed by atoms with Crippen molar-refractivity contribution in [1.82, 2.24) is 9.21 Å². The number of sulfonamides is 1. The highest BCUT2D eigenvalue weighted by Crippen LogP contribution is 2.26. The minimum Gasteiger partial charge on any atom is -0.461 e. The Morgan fingerprint density at radius 3 is 2.26 bits per heavy atom. The van der Waals surface area contributed by atoms with Gasteiger partial charge in [-0.1, -0.05) is 12.1 Å². The molecule has 1 aromatic heterocycles. The summed E-state index contributed by atoms with van der Waals surface area (Å²) in [5.41, 5.74) is 0.315. The van der Waals surface area contributed by atoms with Crippen molar-refractivity contribution in [3.63, 3.8) is 0 Å². The van der Waals surface area contributed by atoms with Crippen LogP contribution in [0.5, 0.6) is 0 Å². The van der Waals surface area contributed by atoms with Gasteiger partial charge in [-0.15, -0.1) is 0 Å². The summed E-state index contributed by atoms with van der Waals surface area (Å²) in [5, 5.41) is 0. The summed E-state index contributed by atoms with van der Waals surface area (Å²) in [6.07, 6.45) is 0.362. The molecule has 0 unspecified atom stereocenters. The summed E-state index contributed by atoms with van der Waals surface area (Å²) in [4.78, 5) is 13.1. The first-order chi connectivity index (χ1) is 16.2. The van der Waals surface area contributed by atoms with E-state index < -0.39 is 38.2 Å². The third-order valence-corrected chi connectivity index (χ3v) is 7.51. The van der Waals surface area contributed by atoms with Gasteiger partial charge in [-0.3, -0.25) is 4.79 Å². The summed E-state index contributed by atoms with van der Waals surface area (Å²) in [5.74, 6) is -4.91. The number of piperazine rings is 1. The molecule has 1 amide bonds. The highest BCUT2D eigenvalue weighted by molar-refractivity contribution is 7.89. The summed E-state index contributed by atoms with van der Waals surface area (Å²) in [7, 11) is -4.40. The van der Waals surface area contributed by atoms with Crippen molar-refractivity contribution in [3.05, 3.63) is 77.6 Å². The minimum atomic E-state index is -4.40. The number of halogens is 4. The molecule has 3 aromatic rings. The van der Waals surface area contributed by atoms with Crippen LogP contribution in [0.4, 0.5) is 17.6 Å². The van der Waals surface area contributed by atoms with Crippen LogP contribution < -0.4 is 0 Å². The van der Waals surface area contributed by atoms with Gasteiger partial charge in [0.15, 0.2) is 17.5 Å². The first-order valence-electron chi connectivity index (χ1n) is 10.4. The molecular weight excluding hydrogens is 476 g/mol. The van der Waals surface area contributed by atoms with Gasteiger partial charge in [-0.2, -0.15) is 4.31 Å². The molecule has 2 aromatic carbocycles. The number of nitrogens with zero attached hydrogens (tertiary/aromatic N) is 2.